The van der Waals surface area contributed by atoms with Gasteiger partial charge < -0.3 is 14.4 Å². The highest BCUT2D eigenvalue weighted by molar-refractivity contribution is 6.30. The van der Waals surface area contributed by atoms with Gasteiger partial charge in [-0.2, -0.15) is 0 Å². The zero-order valence-corrected chi connectivity index (χ0v) is 11.0. The number of piperidine rings is 1. The molecule has 3 rings (SSSR count). The minimum Gasteiger partial charge on any atom is -0.403 e. The van der Waals surface area contributed by atoms with E-state index in [0.717, 1.165) is 24.9 Å². The van der Waals surface area contributed by atoms with E-state index in [0.29, 0.717) is 23.5 Å². The molecule has 1 N–H and O–H groups in total. The van der Waals surface area contributed by atoms with Crippen LogP contribution in [0.1, 0.15) is 12.8 Å². The summed E-state index contributed by atoms with van der Waals surface area (Å²) in [6.45, 7) is 1.38. The average Bonchev–Trinajstić information content (AvgIpc) is 2.89. The van der Waals surface area contributed by atoms with Crippen LogP contribution in [-0.2, 0) is 0 Å². The minimum atomic E-state index is -0.320. The summed E-state index contributed by atoms with van der Waals surface area (Å²) >= 11 is 5.84. The summed E-state index contributed by atoms with van der Waals surface area (Å²) in [7, 11) is 0. The fourth-order valence-corrected chi connectivity index (χ4v) is 2.31. The first-order valence-corrected chi connectivity index (χ1v) is 6.62. The topological polar surface area (TPSA) is 62.4 Å². The summed E-state index contributed by atoms with van der Waals surface area (Å²) in [5, 5.41) is 18.4. The van der Waals surface area contributed by atoms with Crippen molar-refractivity contribution in [1.82, 2.24) is 10.2 Å². The van der Waals surface area contributed by atoms with Crippen molar-refractivity contribution in [2.45, 2.75) is 18.9 Å². The van der Waals surface area contributed by atoms with E-state index in [4.69, 9.17) is 16.0 Å². The van der Waals surface area contributed by atoms with Crippen LogP contribution in [0.15, 0.2) is 28.7 Å². The molecule has 0 aliphatic carbocycles. The first-order valence-electron chi connectivity index (χ1n) is 6.25. The Bertz CT molecular complexity index is 555. The molecule has 1 saturated heterocycles. The van der Waals surface area contributed by atoms with Crippen LogP contribution < -0.4 is 4.90 Å². The predicted molar refractivity (Wildman–Crippen MR) is 72.2 cm³/mol. The molecule has 19 heavy (non-hydrogen) atoms. The number of hydrogen-bond donors (Lipinski definition) is 1. The molecule has 1 atom stereocenters. The lowest BCUT2D eigenvalue weighted by Crippen LogP contribution is -2.38. The lowest BCUT2D eigenvalue weighted by molar-refractivity contribution is 0.152. The monoisotopic (exact) mass is 279 g/mol. The van der Waals surface area contributed by atoms with E-state index in [-0.39, 0.29) is 6.10 Å². The maximum absolute atomic E-state index is 9.65. The van der Waals surface area contributed by atoms with Crippen LogP contribution in [0.25, 0.3) is 11.5 Å². The fourth-order valence-electron chi connectivity index (χ4n) is 2.18. The number of aliphatic hydroxyl groups excluding tert-OH is 1. The van der Waals surface area contributed by atoms with Crippen LogP contribution in [0, 0.1) is 0 Å². The molecule has 1 aromatic heterocycles. The van der Waals surface area contributed by atoms with Crippen molar-refractivity contribution in [1.29, 1.82) is 0 Å². The van der Waals surface area contributed by atoms with Crippen LogP contribution in [0.5, 0.6) is 0 Å². The van der Waals surface area contributed by atoms with E-state index >= 15 is 0 Å². The maximum atomic E-state index is 9.65. The van der Waals surface area contributed by atoms with Crippen LogP contribution in [0.4, 0.5) is 6.01 Å². The van der Waals surface area contributed by atoms with Crippen LogP contribution in [0.2, 0.25) is 5.02 Å². The van der Waals surface area contributed by atoms with Crippen LogP contribution >= 0.6 is 11.6 Å². The summed E-state index contributed by atoms with van der Waals surface area (Å²) in [6.07, 6.45) is 1.44. The average molecular weight is 280 g/mol. The molecule has 0 radical (unpaired) electrons. The molecule has 0 bridgehead atoms. The van der Waals surface area contributed by atoms with Gasteiger partial charge in [-0.1, -0.05) is 16.7 Å². The first-order chi connectivity index (χ1) is 9.22. The highest BCUT2D eigenvalue weighted by Crippen LogP contribution is 2.25. The second-order valence-electron chi connectivity index (χ2n) is 4.64. The number of rotatable bonds is 2. The molecule has 5 nitrogen and oxygen atoms in total. The second-order valence-corrected chi connectivity index (χ2v) is 5.08. The van der Waals surface area contributed by atoms with Crippen molar-refractivity contribution < 1.29 is 9.52 Å². The SMILES string of the molecule is O[C@@H]1CCCN(c2nnc(-c3ccc(Cl)cc3)o2)C1. The largest absolute Gasteiger partial charge is 0.403 e. The Kier molecular flexibility index (Phi) is 3.40. The number of β-amino-alcohol motifs (C(OH)–C–C–N with tert-alkyl or cyclic N) is 1. The molecule has 2 heterocycles. The van der Waals surface area contributed by atoms with Gasteiger partial charge in [-0.15, -0.1) is 5.10 Å². The summed E-state index contributed by atoms with van der Waals surface area (Å²) in [5.41, 5.74) is 0.834. The quantitative estimate of drug-likeness (QED) is 0.914. The van der Waals surface area contributed by atoms with Gasteiger partial charge in [0.15, 0.2) is 0 Å². The van der Waals surface area contributed by atoms with Gasteiger partial charge in [0.05, 0.1) is 6.10 Å². The number of benzene rings is 1. The molecular formula is C13H14ClN3O2. The van der Waals surface area contributed by atoms with Crippen LogP contribution in [-0.4, -0.2) is 34.5 Å². The van der Waals surface area contributed by atoms with Crippen molar-refractivity contribution in [2.24, 2.45) is 0 Å². The zero-order valence-electron chi connectivity index (χ0n) is 10.3. The normalized spacial score (nSPS) is 19.7. The Hall–Kier alpha value is -1.59. The molecule has 100 valence electrons. The van der Waals surface area contributed by atoms with Gasteiger partial charge in [-0.05, 0) is 37.1 Å². The molecular weight excluding hydrogens is 266 g/mol. The van der Waals surface area contributed by atoms with Gasteiger partial charge in [0.1, 0.15) is 0 Å². The van der Waals surface area contributed by atoms with E-state index in [9.17, 15) is 5.11 Å². The maximum Gasteiger partial charge on any atom is 0.318 e. The van der Waals surface area contributed by atoms with E-state index < -0.39 is 0 Å². The molecule has 1 aromatic carbocycles. The van der Waals surface area contributed by atoms with E-state index in [1.807, 2.05) is 17.0 Å². The Morgan fingerprint density at radius 3 is 2.79 bits per heavy atom. The van der Waals surface area contributed by atoms with E-state index in [2.05, 4.69) is 10.2 Å². The van der Waals surface area contributed by atoms with Crippen molar-refractivity contribution >= 4 is 17.6 Å². The van der Waals surface area contributed by atoms with Gasteiger partial charge in [0, 0.05) is 23.7 Å². The third kappa shape index (κ3) is 2.72. The number of hydrogen-bond acceptors (Lipinski definition) is 5. The lowest BCUT2D eigenvalue weighted by Gasteiger charge is -2.28. The zero-order chi connectivity index (χ0) is 13.2. The third-order valence-electron chi connectivity index (χ3n) is 3.17. The summed E-state index contributed by atoms with van der Waals surface area (Å²) in [6, 6.07) is 7.70. The van der Waals surface area contributed by atoms with Crippen LogP contribution in [0.3, 0.4) is 0 Å². The summed E-state index contributed by atoms with van der Waals surface area (Å²) in [4.78, 5) is 1.92. The molecule has 2 aromatic rings. The number of aliphatic hydroxyl groups is 1. The van der Waals surface area contributed by atoms with E-state index in [1.165, 1.54) is 0 Å². The second kappa shape index (κ2) is 5.19. The Balaban J connectivity index is 1.81. The number of halogens is 1. The molecule has 0 saturated carbocycles. The summed E-state index contributed by atoms with van der Waals surface area (Å²) < 4.78 is 5.65. The van der Waals surface area contributed by atoms with Crippen molar-refractivity contribution in [3.63, 3.8) is 0 Å². The molecule has 6 heteroatoms. The van der Waals surface area contributed by atoms with Crippen molar-refractivity contribution in [3.05, 3.63) is 29.3 Å². The van der Waals surface area contributed by atoms with Gasteiger partial charge in [0.25, 0.3) is 0 Å². The van der Waals surface area contributed by atoms with Gasteiger partial charge in [-0.25, -0.2) is 0 Å². The number of nitrogens with zero attached hydrogens (tertiary/aromatic N) is 3. The van der Waals surface area contributed by atoms with Crippen molar-refractivity contribution in [2.75, 3.05) is 18.0 Å². The third-order valence-corrected chi connectivity index (χ3v) is 3.42. The minimum absolute atomic E-state index is 0.320. The van der Waals surface area contributed by atoms with Gasteiger partial charge in [0.2, 0.25) is 5.89 Å². The standard InChI is InChI=1S/C13H14ClN3O2/c14-10-5-3-9(4-6-10)12-15-16-13(19-12)17-7-1-2-11(18)8-17/h3-6,11,18H,1-2,7-8H2/t11-/m1/s1. The van der Waals surface area contributed by atoms with Crippen molar-refractivity contribution in [3.8, 4) is 11.5 Å². The Morgan fingerprint density at radius 1 is 1.26 bits per heavy atom. The Labute approximate surface area is 115 Å². The highest BCUT2D eigenvalue weighted by atomic mass is 35.5. The fraction of sp³-hybridized carbons (Fsp3) is 0.385. The highest BCUT2D eigenvalue weighted by Gasteiger charge is 2.22. The molecule has 1 aliphatic heterocycles. The Morgan fingerprint density at radius 2 is 2.05 bits per heavy atom. The molecule has 0 unspecified atom stereocenters. The van der Waals surface area contributed by atoms with Gasteiger partial charge in [-0.3, -0.25) is 0 Å². The molecule has 0 spiro atoms. The predicted octanol–water partition coefficient (Wildman–Crippen LogP) is 2.35. The molecule has 1 fully saturated rings. The smallest absolute Gasteiger partial charge is 0.318 e. The van der Waals surface area contributed by atoms with Gasteiger partial charge >= 0.3 is 6.01 Å². The molecule has 0 amide bonds. The number of aromatic nitrogens is 2. The summed E-state index contributed by atoms with van der Waals surface area (Å²) in [5.74, 6) is 0.465. The first kappa shape index (κ1) is 12.4. The molecule has 1 aliphatic rings. The lowest BCUT2D eigenvalue weighted by atomic mass is 10.1. The number of anilines is 1. The van der Waals surface area contributed by atoms with E-state index in [1.54, 1.807) is 12.1 Å².